The lowest BCUT2D eigenvalue weighted by molar-refractivity contribution is 0.0979. The van der Waals surface area contributed by atoms with Gasteiger partial charge in [-0.05, 0) is 96.5 Å². The number of anilines is 2. The monoisotopic (exact) mass is 939 g/mol. The van der Waals surface area contributed by atoms with E-state index in [1.165, 1.54) is 22.8 Å². The Hall–Kier alpha value is -4.99. The molecule has 1 aliphatic carbocycles. The summed E-state index contributed by atoms with van der Waals surface area (Å²) in [7, 11) is -4.40. The maximum Gasteiger partial charge on any atom is 0.268 e. The number of hydrogen-bond donors (Lipinski definition) is 1. The predicted octanol–water partition coefficient (Wildman–Crippen LogP) is 9.77. The summed E-state index contributed by atoms with van der Waals surface area (Å²) in [6.07, 6.45) is 9.82. The number of allylic oxidation sites excluding steroid dienone is 1. The number of ether oxygens (including phenoxy) is 2. The number of nitrogens with one attached hydrogen (secondary N) is 1. The molecular weight excluding hydrogens is 890 g/mol. The summed E-state index contributed by atoms with van der Waals surface area (Å²) in [4.78, 5) is 33.9. The summed E-state index contributed by atoms with van der Waals surface area (Å²) >= 11 is 14.4. The zero-order valence-electron chi connectivity index (χ0n) is 35.9. The van der Waals surface area contributed by atoms with E-state index in [0.29, 0.717) is 24.8 Å². The number of amides is 1. The molecule has 12 nitrogen and oxygen atoms in total. The van der Waals surface area contributed by atoms with Crippen molar-refractivity contribution in [2.75, 3.05) is 62.2 Å². The average Bonchev–Trinajstić information content (AvgIpc) is 4.01. The lowest BCUT2D eigenvalue weighted by Gasteiger charge is -2.39. The Morgan fingerprint density at radius 2 is 1.73 bits per heavy atom. The number of piperidine rings is 1. The van der Waals surface area contributed by atoms with Gasteiger partial charge in [0, 0.05) is 85.9 Å². The first-order valence-electron chi connectivity index (χ1n) is 21.8. The SMILES string of the molecule is CC1(C)CCC(CN2CCN(c3ccc(C(=O)NS(=O)(=O)c4cnc(OCC5CCN(c6nccs6)CC5)c(Cl)c4)c(Oc4cccc5c4C=NC5)c3)CC2)=C(c2ccc(Cl)cc2)C1. The number of thiazole rings is 1. The lowest BCUT2D eigenvalue weighted by atomic mass is 9.72. The van der Waals surface area contributed by atoms with Gasteiger partial charge in [-0.25, -0.2) is 23.1 Å². The molecular formula is C48H51Cl2N7O5S2. The van der Waals surface area contributed by atoms with Gasteiger partial charge in [0.05, 0.1) is 24.9 Å². The number of nitrogens with zero attached hydrogens (tertiary/aromatic N) is 6. The third-order valence-electron chi connectivity index (χ3n) is 12.7. The minimum absolute atomic E-state index is 0.0324. The first-order chi connectivity index (χ1) is 30.9. The predicted molar refractivity (Wildman–Crippen MR) is 255 cm³/mol. The van der Waals surface area contributed by atoms with Crippen molar-refractivity contribution in [3.8, 4) is 17.4 Å². The number of carbonyl (C=O) groups excluding carboxylic acids is 1. The second kappa shape index (κ2) is 18.9. The van der Waals surface area contributed by atoms with E-state index in [4.69, 9.17) is 32.7 Å². The van der Waals surface area contributed by atoms with Gasteiger partial charge in [-0.3, -0.25) is 14.7 Å². The number of carbonyl (C=O) groups is 1. The van der Waals surface area contributed by atoms with Gasteiger partial charge >= 0.3 is 0 Å². The van der Waals surface area contributed by atoms with Gasteiger partial charge in [0.25, 0.3) is 15.9 Å². The highest BCUT2D eigenvalue weighted by atomic mass is 35.5. The quantitative estimate of drug-likeness (QED) is 0.122. The molecule has 4 aliphatic rings. The van der Waals surface area contributed by atoms with E-state index >= 15 is 0 Å². The Labute approximate surface area is 389 Å². The van der Waals surface area contributed by atoms with Gasteiger partial charge in [0.2, 0.25) is 5.88 Å². The van der Waals surface area contributed by atoms with Crippen LogP contribution >= 0.6 is 34.5 Å². The van der Waals surface area contributed by atoms with Crippen molar-refractivity contribution in [1.82, 2.24) is 19.6 Å². The fourth-order valence-corrected chi connectivity index (χ4v) is 11.0. The molecule has 1 amide bonds. The Kier molecular flexibility index (Phi) is 13.0. The Balaban J connectivity index is 0.883. The molecule has 334 valence electrons. The number of aliphatic imine (C=N–C) groups is 1. The van der Waals surface area contributed by atoms with E-state index in [1.807, 2.05) is 54.0 Å². The third-order valence-corrected chi connectivity index (χ3v) is 15.3. The number of piperazine rings is 1. The van der Waals surface area contributed by atoms with Crippen molar-refractivity contribution in [2.45, 2.75) is 57.4 Å². The molecule has 5 heterocycles. The number of fused-ring (bicyclic) bond motifs is 1. The van der Waals surface area contributed by atoms with Crippen molar-refractivity contribution in [2.24, 2.45) is 16.3 Å². The third kappa shape index (κ3) is 10.1. The largest absolute Gasteiger partial charge is 0.476 e. The van der Waals surface area contributed by atoms with Crippen LogP contribution in [0.25, 0.3) is 5.57 Å². The molecule has 0 atom stereocenters. The fraction of sp³-hybridized carbons (Fsp3) is 0.375. The van der Waals surface area contributed by atoms with Crippen molar-refractivity contribution in [1.29, 1.82) is 0 Å². The van der Waals surface area contributed by atoms with E-state index in [9.17, 15) is 13.2 Å². The molecule has 0 spiro atoms. The van der Waals surface area contributed by atoms with Crippen molar-refractivity contribution in [3.05, 3.63) is 122 Å². The average molecular weight is 941 g/mol. The van der Waals surface area contributed by atoms with Crippen LogP contribution in [-0.2, 0) is 16.6 Å². The molecule has 64 heavy (non-hydrogen) atoms. The van der Waals surface area contributed by atoms with Gasteiger partial charge in [0.1, 0.15) is 21.4 Å². The van der Waals surface area contributed by atoms with Gasteiger partial charge < -0.3 is 19.3 Å². The Morgan fingerprint density at radius 3 is 2.48 bits per heavy atom. The first kappa shape index (κ1) is 44.2. The second-order valence-electron chi connectivity index (χ2n) is 17.7. The van der Waals surface area contributed by atoms with Gasteiger partial charge in [-0.2, -0.15) is 0 Å². The summed E-state index contributed by atoms with van der Waals surface area (Å²) in [6, 6.07) is 20.5. The van der Waals surface area contributed by atoms with Crippen LogP contribution in [-0.4, -0.2) is 87.8 Å². The van der Waals surface area contributed by atoms with Crippen LogP contribution in [0, 0.1) is 11.3 Å². The van der Waals surface area contributed by atoms with Gasteiger partial charge in [-0.1, -0.05) is 66.9 Å². The number of halogens is 2. The summed E-state index contributed by atoms with van der Waals surface area (Å²) in [5.74, 6) is 0.322. The van der Waals surface area contributed by atoms with Crippen LogP contribution < -0.4 is 24.0 Å². The second-order valence-corrected chi connectivity index (χ2v) is 21.1. The first-order valence-corrected chi connectivity index (χ1v) is 24.9. The smallest absolute Gasteiger partial charge is 0.268 e. The number of pyridine rings is 1. The topological polar surface area (TPSA) is 130 Å². The minimum atomic E-state index is -4.40. The van der Waals surface area contributed by atoms with Gasteiger partial charge in [0.15, 0.2) is 5.13 Å². The molecule has 1 N–H and O–H groups in total. The molecule has 2 aromatic heterocycles. The van der Waals surface area contributed by atoms with Crippen LogP contribution in [0.2, 0.25) is 10.0 Å². The number of sulfonamides is 1. The minimum Gasteiger partial charge on any atom is -0.476 e. The Morgan fingerprint density at radius 1 is 0.938 bits per heavy atom. The number of hydrogen-bond acceptors (Lipinski definition) is 12. The maximum atomic E-state index is 14.0. The highest BCUT2D eigenvalue weighted by Gasteiger charge is 2.31. The fourth-order valence-electron chi connectivity index (χ4n) is 8.95. The van der Waals surface area contributed by atoms with E-state index in [-0.39, 0.29) is 32.5 Å². The highest BCUT2D eigenvalue weighted by Crippen LogP contribution is 2.44. The molecule has 0 unspecified atom stereocenters. The molecule has 0 radical (unpaired) electrons. The summed E-state index contributed by atoms with van der Waals surface area (Å²) in [6.45, 7) is 11.5. The van der Waals surface area contributed by atoms with E-state index in [2.05, 4.69) is 60.4 Å². The van der Waals surface area contributed by atoms with Crippen molar-refractivity contribution in [3.63, 3.8) is 0 Å². The molecule has 5 aromatic rings. The van der Waals surface area contributed by atoms with Crippen LogP contribution in [0.15, 0.2) is 100.0 Å². The molecule has 2 saturated heterocycles. The Bertz CT molecular complexity index is 2680. The molecule has 16 heteroatoms. The van der Waals surface area contributed by atoms with Gasteiger partial charge in [-0.15, -0.1) is 11.3 Å². The normalized spacial score (nSPS) is 18.0. The lowest BCUT2D eigenvalue weighted by Crippen LogP contribution is -2.47. The number of benzene rings is 3. The molecule has 2 fully saturated rings. The van der Waals surface area contributed by atoms with Crippen LogP contribution in [0.5, 0.6) is 17.4 Å². The zero-order chi connectivity index (χ0) is 44.4. The van der Waals surface area contributed by atoms with Crippen LogP contribution in [0.3, 0.4) is 0 Å². The van der Waals surface area contributed by atoms with Crippen molar-refractivity contribution >= 4 is 73.1 Å². The van der Waals surface area contributed by atoms with Crippen LogP contribution in [0.4, 0.5) is 10.8 Å². The standard InChI is InChI=1S/C48H51Cl2N7O5S2/c1-48(2)15-12-35(40(26-48)33-6-8-36(49)9-7-33)30-55-19-21-56(22-20-55)37-10-11-39(44(24-37)62-43-5-3-4-34-27-51-29-41(34)43)45(58)54-64(59,60)38-25-42(50)46(53-28-38)61-31-32-13-17-57(18-14-32)47-52-16-23-63-47/h3-11,16,23-25,28-29,32H,12-15,17-22,26-27,30-31H2,1-2H3,(H,54,58). The summed E-state index contributed by atoms with van der Waals surface area (Å²) in [5, 5.41) is 3.77. The van der Waals surface area contributed by atoms with Crippen molar-refractivity contribution < 1.29 is 22.7 Å². The molecule has 9 rings (SSSR count). The molecule has 0 bridgehead atoms. The van der Waals surface area contributed by atoms with E-state index < -0.39 is 15.9 Å². The van der Waals surface area contributed by atoms with E-state index in [1.54, 1.807) is 23.6 Å². The zero-order valence-corrected chi connectivity index (χ0v) is 39.1. The highest BCUT2D eigenvalue weighted by molar-refractivity contribution is 7.90. The molecule has 3 aromatic carbocycles. The molecule has 3 aliphatic heterocycles. The maximum absolute atomic E-state index is 14.0. The number of aromatic nitrogens is 2. The summed E-state index contributed by atoms with van der Waals surface area (Å²) < 4.78 is 42.1. The summed E-state index contributed by atoms with van der Waals surface area (Å²) in [5.41, 5.74) is 7.16. The number of rotatable bonds is 13. The van der Waals surface area contributed by atoms with E-state index in [0.717, 1.165) is 111 Å². The van der Waals surface area contributed by atoms with Crippen LogP contribution in [0.1, 0.15) is 73.0 Å². The molecule has 0 saturated carbocycles.